The summed E-state index contributed by atoms with van der Waals surface area (Å²) in [6.07, 6.45) is 1.07. The molecule has 0 saturated carbocycles. The minimum Gasteiger partial charge on any atom is -0.465 e. The number of carbonyl (C=O) groups excluding carboxylic acids is 1. The van der Waals surface area contributed by atoms with Gasteiger partial charge in [0, 0.05) is 0 Å². The largest absolute Gasteiger partial charge is 0.465 e. The topological polar surface area (TPSA) is 32.8 Å². The second kappa shape index (κ2) is 7.76. The molecule has 0 radical (unpaired) electrons. The fraction of sp³-hybridized carbons (Fsp3) is 0.900. The van der Waals surface area contributed by atoms with Crippen molar-refractivity contribution in [2.75, 3.05) is 47.4 Å². The highest BCUT2D eigenvalue weighted by molar-refractivity contribution is 5.71. The standard InChI is InChI=1S/C10H22N2O2/c1-5-14-10(13)9-12(4)8-6-7-11(2)3/h5-9H2,1-4H3. The molecule has 0 aliphatic heterocycles. The third-order valence-electron chi connectivity index (χ3n) is 1.85. The summed E-state index contributed by atoms with van der Waals surface area (Å²) >= 11 is 0. The first-order chi connectivity index (χ1) is 6.56. The van der Waals surface area contributed by atoms with Crippen LogP contribution < -0.4 is 0 Å². The molecule has 0 atom stereocenters. The number of likely N-dealkylation sites (N-methyl/N-ethyl adjacent to an activating group) is 1. The van der Waals surface area contributed by atoms with Crippen LogP contribution in [0.3, 0.4) is 0 Å². The van der Waals surface area contributed by atoms with Gasteiger partial charge in [0.2, 0.25) is 0 Å². The van der Waals surface area contributed by atoms with Crippen LogP contribution in [0.2, 0.25) is 0 Å². The maximum Gasteiger partial charge on any atom is 0.320 e. The normalized spacial score (nSPS) is 11.0. The van der Waals surface area contributed by atoms with Crippen LogP contribution in [0, 0.1) is 0 Å². The lowest BCUT2D eigenvalue weighted by Gasteiger charge is -2.16. The lowest BCUT2D eigenvalue weighted by atomic mass is 10.4. The fourth-order valence-electron chi connectivity index (χ4n) is 1.16. The number of nitrogens with zero attached hydrogens (tertiary/aromatic N) is 2. The number of hydrogen-bond acceptors (Lipinski definition) is 4. The Labute approximate surface area is 86.8 Å². The van der Waals surface area contributed by atoms with Gasteiger partial charge < -0.3 is 9.64 Å². The molecule has 0 spiro atoms. The van der Waals surface area contributed by atoms with Crippen molar-refractivity contribution in [2.24, 2.45) is 0 Å². The number of rotatable bonds is 7. The zero-order valence-electron chi connectivity index (χ0n) is 9.75. The van der Waals surface area contributed by atoms with Crippen molar-refractivity contribution in [3.05, 3.63) is 0 Å². The first-order valence-electron chi connectivity index (χ1n) is 5.05. The monoisotopic (exact) mass is 202 g/mol. The molecular weight excluding hydrogens is 180 g/mol. The summed E-state index contributed by atoms with van der Waals surface area (Å²) in [4.78, 5) is 15.2. The maximum absolute atomic E-state index is 11.1. The van der Waals surface area contributed by atoms with Gasteiger partial charge in [0.1, 0.15) is 0 Å². The van der Waals surface area contributed by atoms with Crippen molar-refractivity contribution in [2.45, 2.75) is 13.3 Å². The van der Waals surface area contributed by atoms with E-state index in [1.54, 1.807) is 0 Å². The molecule has 0 heterocycles. The summed E-state index contributed by atoms with van der Waals surface area (Å²) in [5, 5.41) is 0. The van der Waals surface area contributed by atoms with Crippen LogP contribution in [-0.2, 0) is 9.53 Å². The summed E-state index contributed by atoms with van der Waals surface area (Å²) in [6, 6.07) is 0. The van der Waals surface area contributed by atoms with Gasteiger partial charge >= 0.3 is 5.97 Å². The molecule has 0 aliphatic carbocycles. The van der Waals surface area contributed by atoms with Gasteiger partial charge in [-0.05, 0) is 47.6 Å². The highest BCUT2D eigenvalue weighted by Gasteiger charge is 2.06. The zero-order chi connectivity index (χ0) is 11.0. The predicted molar refractivity (Wildman–Crippen MR) is 57.3 cm³/mol. The number of hydrogen-bond donors (Lipinski definition) is 0. The molecule has 0 aromatic heterocycles. The molecule has 0 unspecified atom stereocenters. The summed E-state index contributed by atoms with van der Waals surface area (Å²) in [6.45, 7) is 4.65. The maximum atomic E-state index is 11.1. The molecule has 0 bridgehead atoms. The zero-order valence-corrected chi connectivity index (χ0v) is 9.75. The molecule has 14 heavy (non-hydrogen) atoms. The summed E-state index contributed by atoms with van der Waals surface area (Å²) in [5.74, 6) is -0.139. The van der Waals surface area contributed by atoms with Gasteiger partial charge in [-0.25, -0.2) is 0 Å². The Morgan fingerprint density at radius 1 is 1.21 bits per heavy atom. The molecule has 0 N–H and O–H groups in total. The predicted octanol–water partition coefficient (Wildman–Crippen LogP) is 0.433. The van der Waals surface area contributed by atoms with E-state index in [4.69, 9.17) is 4.74 Å². The Morgan fingerprint density at radius 3 is 2.36 bits per heavy atom. The van der Waals surface area contributed by atoms with Gasteiger partial charge in [-0.15, -0.1) is 0 Å². The van der Waals surface area contributed by atoms with Crippen LogP contribution in [-0.4, -0.2) is 63.2 Å². The van der Waals surface area contributed by atoms with Gasteiger partial charge in [0.15, 0.2) is 0 Å². The Morgan fingerprint density at radius 2 is 1.86 bits per heavy atom. The lowest BCUT2D eigenvalue weighted by Crippen LogP contribution is -2.29. The number of ether oxygens (including phenoxy) is 1. The van der Waals surface area contributed by atoms with Crippen LogP contribution in [0.1, 0.15) is 13.3 Å². The quantitative estimate of drug-likeness (QED) is 0.561. The number of esters is 1. The van der Waals surface area contributed by atoms with Crippen molar-refractivity contribution < 1.29 is 9.53 Å². The molecule has 0 rings (SSSR count). The van der Waals surface area contributed by atoms with Gasteiger partial charge in [-0.3, -0.25) is 9.69 Å². The summed E-state index contributed by atoms with van der Waals surface area (Å²) in [5.41, 5.74) is 0. The summed E-state index contributed by atoms with van der Waals surface area (Å²) in [7, 11) is 6.03. The molecular formula is C10H22N2O2. The van der Waals surface area contributed by atoms with Gasteiger partial charge in [-0.1, -0.05) is 0 Å². The molecule has 0 aromatic rings. The lowest BCUT2D eigenvalue weighted by molar-refractivity contribution is -0.144. The molecule has 0 amide bonds. The molecule has 4 heteroatoms. The molecule has 0 aromatic carbocycles. The first kappa shape index (κ1) is 13.4. The van der Waals surface area contributed by atoms with Crippen LogP contribution >= 0.6 is 0 Å². The Hall–Kier alpha value is -0.610. The SMILES string of the molecule is CCOC(=O)CN(C)CCCN(C)C. The van der Waals surface area contributed by atoms with E-state index in [0.717, 1.165) is 19.5 Å². The molecule has 0 aliphatic rings. The van der Waals surface area contributed by atoms with Crippen molar-refractivity contribution >= 4 is 5.97 Å². The minimum absolute atomic E-state index is 0.139. The van der Waals surface area contributed by atoms with Gasteiger partial charge in [0.25, 0.3) is 0 Å². The van der Waals surface area contributed by atoms with Crippen molar-refractivity contribution in [3.8, 4) is 0 Å². The van der Waals surface area contributed by atoms with Crippen LogP contribution in [0.4, 0.5) is 0 Å². The Bertz CT molecular complexity index is 160. The molecule has 4 nitrogen and oxygen atoms in total. The molecule has 84 valence electrons. The van der Waals surface area contributed by atoms with E-state index >= 15 is 0 Å². The van der Waals surface area contributed by atoms with E-state index in [1.165, 1.54) is 0 Å². The summed E-state index contributed by atoms with van der Waals surface area (Å²) < 4.78 is 4.85. The van der Waals surface area contributed by atoms with Crippen LogP contribution in [0.15, 0.2) is 0 Å². The average molecular weight is 202 g/mol. The average Bonchev–Trinajstić information content (AvgIpc) is 2.03. The Kier molecular flexibility index (Phi) is 7.42. The van der Waals surface area contributed by atoms with E-state index in [1.807, 2.05) is 33.0 Å². The third kappa shape index (κ3) is 8.01. The highest BCUT2D eigenvalue weighted by Crippen LogP contribution is 1.90. The smallest absolute Gasteiger partial charge is 0.320 e. The van der Waals surface area contributed by atoms with E-state index in [2.05, 4.69) is 4.90 Å². The van der Waals surface area contributed by atoms with Gasteiger partial charge in [0.05, 0.1) is 13.2 Å². The first-order valence-corrected chi connectivity index (χ1v) is 5.05. The van der Waals surface area contributed by atoms with E-state index < -0.39 is 0 Å². The Balaban J connectivity index is 3.44. The molecule has 0 saturated heterocycles. The molecule has 0 fully saturated rings. The highest BCUT2D eigenvalue weighted by atomic mass is 16.5. The number of carbonyl (C=O) groups is 1. The second-order valence-electron chi connectivity index (χ2n) is 3.70. The van der Waals surface area contributed by atoms with Gasteiger partial charge in [-0.2, -0.15) is 0 Å². The third-order valence-corrected chi connectivity index (χ3v) is 1.85. The van der Waals surface area contributed by atoms with Crippen molar-refractivity contribution in [1.29, 1.82) is 0 Å². The van der Waals surface area contributed by atoms with Crippen molar-refractivity contribution in [3.63, 3.8) is 0 Å². The van der Waals surface area contributed by atoms with E-state index in [9.17, 15) is 4.79 Å². The minimum atomic E-state index is -0.139. The van der Waals surface area contributed by atoms with E-state index in [-0.39, 0.29) is 5.97 Å². The van der Waals surface area contributed by atoms with Crippen molar-refractivity contribution in [1.82, 2.24) is 9.80 Å². The fourth-order valence-corrected chi connectivity index (χ4v) is 1.16. The van der Waals surface area contributed by atoms with Crippen LogP contribution in [0.5, 0.6) is 0 Å². The second-order valence-corrected chi connectivity index (χ2v) is 3.70. The van der Waals surface area contributed by atoms with Crippen LogP contribution in [0.25, 0.3) is 0 Å². The van der Waals surface area contributed by atoms with E-state index in [0.29, 0.717) is 13.2 Å².